The van der Waals surface area contributed by atoms with Crippen LogP contribution in [0.3, 0.4) is 0 Å². The van der Waals surface area contributed by atoms with Crippen molar-refractivity contribution in [2.75, 3.05) is 7.05 Å². The lowest BCUT2D eigenvalue weighted by Crippen LogP contribution is -2.48. The average Bonchev–Trinajstić information content (AvgIpc) is 2.20. The van der Waals surface area contributed by atoms with Crippen molar-refractivity contribution in [3.63, 3.8) is 0 Å². The van der Waals surface area contributed by atoms with Crippen LogP contribution in [0.15, 0.2) is 0 Å². The van der Waals surface area contributed by atoms with Crippen molar-refractivity contribution in [2.45, 2.75) is 58.4 Å². The van der Waals surface area contributed by atoms with Crippen LogP contribution < -0.4 is 5.32 Å². The first-order valence-electron chi connectivity index (χ1n) is 6.93. The normalized spacial score (nSPS) is 46.2. The molecule has 0 aliphatic heterocycles. The van der Waals surface area contributed by atoms with Gasteiger partial charge in [0.05, 0.1) is 0 Å². The molecular weight excluding hydrogens is 182 g/mol. The van der Waals surface area contributed by atoms with Crippen LogP contribution in [0.25, 0.3) is 0 Å². The maximum Gasteiger partial charge on any atom is 0.00951 e. The number of rotatable bonds is 3. The first kappa shape index (κ1) is 11.4. The largest absolute Gasteiger partial charge is 0.317 e. The van der Waals surface area contributed by atoms with Gasteiger partial charge in [-0.3, -0.25) is 0 Å². The summed E-state index contributed by atoms with van der Waals surface area (Å²) in [6.07, 6.45) is 8.79. The highest BCUT2D eigenvalue weighted by atomic mass is 14.9. The lowest BCUT2D eigenvalue weighted by Gasteiger charge is -2.47. The second-order valence-corrected chi connectivity index (χ2v) is 5.86. The van der Waals surface area contributed by atoms with E-state index in [0.29, 0.717) is 0 Å². The van der Waals surface area contributed by atoms with Crippen LogP contribution in [0.4, 0.5) is 0 Å². The van der Waals surface area contributed by atoms with Crippen molar-refractivity contribution in [1.82, 2.24) is 5.32 Å². The lowest BCUT2D eigenvalue weighted by molar-refractivity contribution is 0.0528. The van der Waals surface area contributed by atoms with E-state index in [1.807, 2.05) is 0 Å². The molecule has 1 heteroatoms. The predicted molar refractivity (Wildman–Crippen MR) is 65.9 cm³/mol. The molecule has 2 aliphatic rings. The molecule has 0 heterocycles. The Labute approximate surface area is 95.0 Å². The molecule has 0 aromatic carbocycles. The molecule has 0 radical (unpaired) electrons. The molecule has 5 atom stereocenters. The van der Waals surface area contributed by atoms with E-state index >= 15 is 0 Å². The van der Waals surface area contributed by atoms with E-state index in [2.05, 4.69) is 26.2 Å². The third kappa shape index (κ3) is 2.22. The minimum absolute atomic E-state index is 0.841. The Morgan fingerprint density at radius 3 is 2.40 bits per heavy atom. The topological polar surface area (TPSA) is 12.0 Å². The number of nitrogens with one attached hydrogen (secondary N) is 1. The van der Waals surface area contributed by atoms with Crippen molar-refractivity contribution >= 4 is 0 Å². The summed E-state index contributed by atoms with van der Waals surface area (Å²) in [5, 5.41) is 3.50. The summed E-state index contributed by atoms with van der Waals surface area (Å²) >= 11 is 0. The summed E-state index contributed by atoms with van der Waals surface area (Å²) in [5.74, 6) is 4.03. The quantitative estimate of drug-likeness (QED) is 0.750. The van der Waals surface area contributed by atoms with Gasteiger partial charge in [-0.25, -0.2) is 0 Å². The smallest absolute Gasteiger partial charge is 0.00951 e. The van der Waals surface area contributed by atoms with Crippen LogP contribution in [0.5, 0.6) is 0 Å². The van der Waals surface area contributed by atoms with Gasteiger partial charge in [0.25, 0.3) is 0 Å². The van der Waals surface area contributed by atoms with E-state index in [4.69, 9.17) is 0 Å². The van der Waals surface area contributed by atoms with Crippen LogP contribution in [-0.4, -0.2) is 13.1 Å². The van der Waals surface area contributed by atoms with Crippen molar-refractivity contribution in [3.8, 4) is 0 Å². The van der Waals surface area contributed by atoms with Gasteiger partial charge in [-0.2, -0.15) is 0 Å². The molecule has 0 aromatic rings. The van der Waals surface area contributed by atoms with E-state index in [9.17, 15) is 0 Å². The monoisotopic (exact) mass is 209 g/mol. The Balaban J connectivity index is 1.93. The molecule has 2 fully saturated rings. The lowest BCUT2D eigenvalue weighted by atomic mass is 9.61. The molecule has 1 nitrogen and oxygen atoms in total. The summed E-state index contributed by atoms with van der Waals surface area (Å²) in [4.78, 5) is 0. The second-order valence-electron chi connectivity index (χ2n) is 5.86. The van der Waals surface area contributed by atoms with Crippen LogP contribution >= 0.6 is 0 Å². The molecule has 0 saturated heterocycles. The first-order chi connectivity index (χ1) is 7.26. The third-order valence-electron chi connectivity index (χ3n) is 5.19. The van der Waals surface area contributed by atoms with E-state index < -0.39 is 0 Å². The summed E-state index contributed by atoms with van der Waals surface area (Å²) < 4.78 is 0. The molecule has 2 aliphatic carbocycles. The van der Waals surface area contributed by atoms with Crippen molar-refractivity contribution in [1.29, 1.82) is 0 Å². The van der Waals surface area contributed by atoms with Gasteiger partial charge in [0.1, 0.15) is 0 Å². The molecule has 2 rings (SSSR count). The molecule has 0 amide bonds. The van der Waals surface area contributed by atoms with E-state index in [1.54, 1.807) is 0 Å². The van der Waals surface area contributed by atoms with Gasteiger partial charge in [0.15, 0.2) is 0 Å². The fraction of sp³-hybridized carbons (Fsp3) is 1.00. The highest BCUT2D eigenvalue weighted by Gasteiger charge is 2.40. The molecule has 1 N–H and O–H groups in total. The van der Waals surface area contributed by atoms with Crippen LogP contribution in [0, 0.1) is 23.7 Å². The molecule has 15 heavy (non-hydrogen) atoms. The van der Waals surface area contributed by atoms with Gasteiger partial charge in [0, 0.05) is 6.04 Å². The van der Waals surface area contributed by atoms with E-state index in [1.165, 1.54) is 38.5 Å². The average molecular weight is 209 g/mol. The zero-order valence-corrected chi connectivity index (χ0v) is 10.6. The van der Waals surface area contributed by atoms with Gasteiger partial charge < -0.3 is 5.32 Å². The highest BCUT2D eigenvalue weighted by Crippen LogP contribution is 2.46. The van der Waals surface area contributed by atoms with Crippen LogP contribution in [0.2, 0.25) is 0 Å². The molecule has 2 saturated carbocycles. The van der Waals surface area contributed by atoms with Crippen molar-refractivity contribution < 1.29 is 0 Å². The molecule has 0 bridgehead atoms. The van der Waals surface area contributed by atoms with Crippen molar-refractivity contribution in [2.24, 2.45) is 23.7 Å². The molecule has 5 unspecified atom stereocenters. The standard InChI is InChI=1S/C14H27N/c1-4-11-6-5-10(2)13(9-11)12-7-8-14(12)15-3/h10-15H,4-9H2,1-3H3. The van der Waals surface area contributed by atoms with E-state index in [-0.39, 0.29) is 0 Å². The Morgan fingerprint density at radius 2 is 1.87 bits per heavy atom. The van der Waals surface area contributed by atoms with Gasteiger partial charge in [-0.15, -0.1) is 0 Å². The van der Waals surface area contributed by atoms with Gasteiger partial charge in [-0.1, -0.05) is 33.1 Å². The maximum atomic E-state index is 3.50. The van der Waals surface area contributed by atoms with Gasteiger partial charge >= 0.3 is 0 Å². The van der Waals surface area contributed by atoms with Gasteiger partial charge in [0.2, 0.25) is 0 Å². The fourth-order valence-corrected chi connectivity index (χ4v) is 3.81. The highest BCUT2D eigenvalue weighted by molar-refractivity contribution is 4.94. The van der Waals surface area contributed by atoms with Crippen molar-refractivity contribution in [3.05, 3.63) is 0 Å². The zero-order chi connectivity index (χ0) is 10.8. The second kappa shape index (κ2) is 4.86. The first-order valence-corrected chi connectivity index (χ1v) is 6.93. The van der Waals surface area contributed by atoms with Crippen LogP contribution in [0.1, 0.15) is 52.4 Å². The Bertz CT molecular complexity index is 198. The minimum atomic E-state index is 0.841. The summed E-state index contributed by atoms with van der Waals surface area (Å²) in [7, 11) is 2.14. The predicted octanol–water partition coefficient (Wildman–Crippen LogP) is 3.45. The maximum absolute atomic E-state index is 3.50. The molecule has 0 aromatic heterocycles. The Hall–Kier alpha value is -0.0400. The zero-order valence-electron chi connectivity index (χ0n) is 10.6. The minimum Gasteiger partial charge on any atom is -0.317 e. The third-order valence-corrected chi connectivity index (χ3v) is 5.19. The Kier molecular flexibility index (Phi) is 3.71. The number of hydrogen-bond acceptors (Lipinski definition) is 1. The molecule has 88 valence electrons. The van der Waals surface area contributed by atoms with E-state index in [0.717, 1.165) is 29.7 Å². The number of hydrogen-bond donors (Lipinski definition) is 1. The molecular formula is C14H27N. The Morgan fingerprint density at radius 1 is 1.07 bits per heavy atom. The summed E-state index contributed by atoms with van der Waals surface area (Å²) in [6, 6.07) is 0.841. The van der Waals surface area contributed by atoms with Crippen LogP contribution in [-0.2, 0) is 0 Å². The SMILES string of the molecule is CCC1CCC(C)C(C2CCC2NC)C1. The fourth-order valence-electron chi connectivity index (χ4n) is 3.81. The summed E-state index contributed by atoms with van der Waals surface area (Å²) in [5.41, 5.74) is 0. The summed E-state index contributed by atoms with van der Waals surface area (Å²) in [6.45, 7) is 4.86. The molecule has 0 spiro atoms. The van der Waals surface area contributed by atoms with Gasteiger partial charge in [-0.05, 0) is 50.0 Å².